The highest BCUT2D eigenvalue weighted by Crippen LogP contribution is 2.39. The largest absolute Gasteiger partial charge is 0.501 e. The number of nitro benzene ring substituents is 1. The SMILES string of the molecule is Nc1[nH]ncc1-c1cc(Br)c(O)c([N+](=O)[O-])c1. The Bertz CT molecular complexity index is 596. The van der Waals surface area contributed by atoms with E-state index in [4.69, 9.17) is 5.73 Å². The van der Waals surface area contributed by atoms with Crippen LogP contribution in [0.5, 0.6) is 5.75 Å². The molecule has 0 radical (unpaired) electrons. The van der Waals surface area contributed by atoms with E-state index < -0.39 is 16.4 Å². The lowest BCUT2D eigenvalue weighted by Gasteiger charge is -2.03. The number of nitrogens with two attached hydrogens (primary N) is 1. The molecule has 88 valence electrons. The third kappa shape index (κ3) is 1.94. The average Bonchev–Trinajstić information content (AvgIpc) is 2.68. The number of hydrogen-bond donors (Lipinski definition) is 3. The number of phenols is 1. The van der Waals surface area contributed by atoms with Gasteiger partial charge in [-0.2, -0.15) is 5.10 Å². The molecule has 1 heterocycles. The molecule has 0 spiro atoms. The molecule has 0 saturated carbocycles. The summed E-state index contributed by atoms with van der Waals surface area (Å²) in [7, 11) is 0. The number of nitrogens with zero attached hydrogens (tertiary/aromatic N) is 2. The maximum Gasteiger partial charge on any atom is 0.312 e. The molecule has 0 aliphatic carbocycles. The molecular formula is C9H7BrN4O3. The van der Waals surface area contributed by atoms with Crippen molar-refractivity contribution in [3.8, 4) is 16.9 Å². The zero-order valence-corrected chi connectivity index (χ0v) is 9.93. The van der Waals surface area contributed by atoms with Crippen molar-refractivity contribution in [3.05, 3.63) is 32.9 Å². The number of phenolic OH excluding ortho intramolecular Hbond substituents is 1. The lowest BCUT2D eigenvalue weighted by atomic mass is 10.1. The number of benzene rings is 1. The highest BCUT2D eigenvalue weighted by molar-refractivity contribution is 9.10. The highest BCUT2D eigenvalue weighted by atomic mass is 79.9. The van der Waals surface area contributed by atoms with Crippen molar-refractivity contribution in [2.24, 2.45) is 0 Å². The van der Waals surface area contributed by atoms with Crippen LogP contribution in [0.15, 0.2) is 22.8 Å². The van der Waals surface area contributed by atoms with Gasteiger partial charge < -0.3 is 10.8 Å². The van der Waals surface area contributed by atoms with E-state index in [2.05, 4.69) is 26.1 Å². The molecule has 0 atom stereocenters. The molecular weight excluding hydrogens is 292 g/mol. The fraction of sp³-hybridized carbons (Fsp3) is 0. The molecule has 0 bridgehead atoms. The van der Waals surface area contributed by atoms with E-state index in [-0.39, 0.29) is 4.47 Å². The van der Waals surface area contributed by atoms with Gasteiger partial charge >= 0.3 is 5.69 Å². The van der Waals surface area contributed by atoms with E-state index in [1.54, 1.807) is 0 Å². The Labute approximate surface area is 104 Å². The highest BCUT2D eigenvalue weighted by Gasteiger charge is 2.19. The van der Waals surface area contributed by atoms with Gasteiger partial charge in [0.05, 0.1) is 15.6 Å². The van der Waals surface area contributed by atoms with E-state index >= 15 is 0 Å². The van der Waals surface area contributed by atoms with E-state index in [1.807, 2.05) is 0 Å². The van der Waals surface area contributed by atoms with E-state index in [9.17, 15) is 15.2 Å². The number of aromatic hydroxyl groups is 1. The Balaban J connectivity index is 2.65. The maximum atomic E-state index is 10.8. The molecule has 1 aromatic carbocycles. The first-order valence-corrected chi connectivity index (χ1v) is 5.26. The molecule has 4 N–H and O–H groups in total. The standard InChI is InChI=1S/C9H7BrN4O3/c10-6-1-4(5-3-12-13-9(5)11)2-7(8(6)15)14(16)17/h1-3,15H,(H3,11,12,13). The van der Waals surface area contributed by atoms with Gasteiger partial charge in [0.2, 0.25) is 5.75 Å². The third-order valence-electron chi connectivity index (χ3n) is 2.22. The Morgan fingerprint density at radius 3 is 2.76 bits per heavy atom. The predicted molar refractivity (Wildman–Crippen MR) is 64.5 cm³/mol. The summed E-state index contributed by atoms with van der Waals surface area (Å²) in [6.45, 7) is 0. The monoisotopic (exact) mass is 298 g/mol. The number of H-pyrrole nitrogens is 1. The van der Waals surface area contributed by atoms with Crippen LogP contribution in [0, 0.1) is 10.1 Å². The number of hydrogen-bond acceptors (Lipinski definition) is 5. The molecule has 8 heteroatoms. The van der Waals surface area contributed by atoms with Crippen LogP contribution in [0.1, 0.15) is 0 Å². The van der Waals surface area contributed by atoms with E-state index in [0.717, 1.165) is 0 Å². The second-order valence-electron chi connectivity index (χ2n) is 3.28. The molecule has 0 aliphatic rings. The van der Waals surface area contributed by atoms with Gasteiger partial charge in [-0.3, -0.25) is 15.2 Å². The fourth-order valence-electron chi connectivity index (χ4n) is 1.41. The summed E-state index contributed by atoms with van der Waals surface area (Å²) in [5, 5.41) is 26.5. The summed E-state index contributed by atoms with van der Waals surface area (Å²) in [6.07, 6.45) is 1.46. The van der Waals surface area contributed by atoms with Gasteiger partial charge in [-0.25, -0.2) is 0 Å². The molecule has 0 fully saturated rings. The number of nitrogen functional groups attached to an aromatic ring is 1. The summed E-state index contributed by atoms with van der Waals surface area (Å²) < 4.78 is 0.224. The van der Waals surface area contributed by atoms with Crippen molar-refractivity contribution in [1.82, 2.24) is 10.2 Å². The molecule has 7 nitrogen and oxygen atoms in total. The Hall–Kier alpha value is -2.09. The minimum absolute atomic E-state index is 0.224. The molecule has 1 aromatic heterocycles. The Morgan fingerprint density at radius 2 is 2.24 bits per heavy atom. The summed E-state index contributed by atoms with van der Waals surface area (Å²) in [4.78, 5) is 10.1. The van der Waals surface area contributed by atoms with Gasteiger partial charge in [0.15, 0.2) is 0 Å². The van der Waals surface area contributed by atoms with Crippen LogP contribution in [0.4, 0.5) is 11.5 Å². The number of anilines is 1. The van der Waals surface area contributed by atoms with Crippen molar-refractivity contribution in [1.29, 1.82) is 0 Å². The minimum Gasteiger partial charge on any atom is -0.501 e. The van der Waals surface area contributed by atoms with E-state index in [0.29, 0.717) is 16.9 Å². The quantitative estimate of drug-likeness (QED) is 0.579. The van der Waals surface area contributed by atoms with Gasteiger partial charge in [0, 0.05) is 11.6 Å². The van der Waals surface area contributed by atoms with Crippen LogP contribution in [0.3, 0.4) is 0 Å². The smallest absolute Gasteiger partial charge is 0.312 e. The second-order valence-corrected chi connectivity index (χ2v) is 4.13. The zero-order valence-electron chi connectivity index (χ0n) is 8.35. The summed E-state index contributed by atoms with van der Waals surface area (Å²) in [6, 6.07) is 2.77. The van der Waals surface area contributed by atoms with Crippen LogP contribution in [-0.4, -0.2) is 20.2 Å². The van der Waals surface area contributed by atoms with Crippen LogP contribution < -0.4 is 5.73 Å². The van der Waals surface area contributed by atoms with Gasteiger partial charge in [-0.1, -0.05) is 0 Å². The first kappa shape index (κ1) is 11.4. The number of aromatic nitrogens is 2. The topological polar surface area (TPSA) is 118 Å². The van der Waals surface area contributed by atoms with Gasteiger partial charge in [-0.05, 0) is 27.6 Å². The van der Waals surface area contributed by atoms with Crippen LogP contribution >= 0.6 is 15.9 Å². The zero-order chi connectivity index (χ0) is 12.6. The number of nitrogens with one attached hydrogen (secondary N) is 1. The molecule has 0 amide bonds. The summed E-state index contributed by atoms with van der Waals surface area (Å²) in [5.74, 6) is -0.113. The fourth-order valence-corrected chi connectivity index (χ4v) is 1.86. The minimum atomic E-state index is -0.667. The first-order chi connectivity index (χ1) is 8.00. The normalized spacial score (nSPS) is 10.4. The first-order valence-electron chi connectivity index (χ1n) is 4.47. The van der Waals surface area contributed by atoms with E-state index in [1.165, 1.54) is 18.3 Å². The predicted octanol–water partition coefficient (Wildman–Crippen LogP) is 2.04. The van der Waals surface area contributed by atoms with Gasteiger partial charge in [0.1, 0.15) is 5.82 Å². The summed E-state index contributed by atoms with van der Waals surface area (Å²) >= 11 is 3.05. The number of rotatable bonds is 2. The van der Waals surface area contributed by atoms with Gasteiger partial charge in [0.25, 0.3) is 0 Å². The summed E-state index contributed by atoms with van der Waals surface area (Å²) in [5.41, 5.74) is 6.26. The van der Waals surface area contributed by atoms with Crippen LogP contribution in [-0.2, 0) is 0 Å². The Morgan fingerprint density at radius 1 is 1.53 bits per heavy atom. The molecule has 0 unspecified atom stereocenters. The number of nitro groups is 1. The van der Waals surface area contributed by atoms with Gasteiger partial charge in [-0.15, -0.1) is 0 Å². The lowest BCUT2D eigenvalue weighted by molar-refractivity contribution is -0.385. The van der Waals surface area contributed by atoms with Crippen molar-refractivity contribution in [2.75, 3.05) is 5.73 Å². The number of aromatic amines is 1. The molecule has 0 aliphatic heterocycles. The molecule has 2 rings (SSSR count). The van der Waals surface area contributed by atoms with Crippen LogP contribution in [0.25, 0.3) is 11.1 Å². The second kappa shape index (κ2) is 4.06. The average molecular weight is 299 g/mol. The van der Waals surface area contributed by atoms with Crippen molar-refractivity contribution >= 4 is 27.4 Å². The third-order valence-corrected chi connectivity index (χ3v) is 2.82. The van der Waals surface area contributed by atoms with Crippen molar-refractivity contribution < 1.29 is 10.0 Å². The van der Waals surface area contributed by atoms with Crippen LogP contribution in [0.2, 0.25) is 0 Å². The number of halogens is 1. The maximum absolute atomic E-state index is 10.8. The molecule has 0 saturated heterocycles. The Kier molecular flexibility index (Phi) is 2.72. The van der Waals surface area contributed by atoms with Crippen molar-refractivity contribution in [3.63, 3.8) is 0 Å². The lowest BCUT2D eigenvalue weighted by Crippen LogP contribution is -1.92. The van der Waals surface area contributed by atoms with Crippen molar-refractivity contribution in [2.45, 2.75) is 0 Å². The molecule has 17 heavy (non-hydrogen) atoms. The molecule has 2 aromatic rings.